The lowest BCUT2D eigenvalue weighted by Crippen LogP contribution is -2.07. The molecule has 0 aliphatic rings. The van der Waals surface area contributed by atoms with Crippen LogP contribution in [0, 0.1) is 12.7 Å². The van der Waals surface area contributed by atoms with Gasteiger partial charge in [-0.05, 0) is 31.2 Å². The zero-order valence-electron chi connectivity index (χ0n) is 11.2. The highest BCUT2D eigenvalue weighted by molar-refractivity contribution is 5.90. The van der Waals surface area contributed by atoms with Crippen LogP contribution in [0.5, 0.6) is 0 Å². The number of hydrogen-bond acceptors (Lipinski definition) is 4. The third-order valence-corrected chi connectivity index (χ3v) is 3.06. The summed E-state index contributed by atoms with van der Waals surface area (Å²) in [6, 6.07) is 5.23. The second-order valence-electron chi connectivity index (χ2n) is 4.65. The third kappa shape index (κ3) is 2.47. The Morgan fingerprint density at radius 3 is 2.55 bits per heavy atom. The van der Waals surface area contributed by atoms with Crippen molar-refractivity contribution in [3.63, 3.8) is 0 Å². The van der Waals surface area contributed by atoms with E-state index in [1.807, 2.05) is 6.92 Å². The van der Waals surface area contributed by atoms with Gasteiger partial charge in [-0.1, -0.05) is 5.16 Å². The van der Waals surface area contributed by atoms with Crippen molar-refractivity contribution in [1.29, 1.82) is 0 Å². The van der Waals surface area contributed by atoms with Crippen LogP contribution in [-0.4, -0.2) is 10.1 Å². The van der Waals surface area contributed by atoms with Gasteiger partial charge in [0.05, 0.1) is 22.8 Å². The number of fused-ring (bicyclic) bond motifs is 1. The minimum Gasteiger partial charge on any atom is -0.351 e. The Hall–Kier alpha value is -2.64. The van der Waals surface area contributed by atoms with Gasteiger partial charge in [-0.15, -0.1) is 0 Å². The molecule has 0 amide bonds. The summed E-state index contributed by atoms with van der Waals surface area (Å²) in [6.07, 6.45) is -3.27. The number of pyridine rings is 1. The van der Waals surface area contributed by atoms with Crippen molar-refractivity contribution in [1.82, 2.24) is 10.1 Å². The summed E-state index contributed by atoms with van der Waals surface area (Å²) in [5.41, 5.74) is -0.574. The third-order valence-electron chi connectivity index (χ3n) is 3.06. The van der Waals surface area contributed by atoms with Gasteiger partial charge < -0.3 is 9.84 Å². The lowest BCUT2D eigenvalue weighted by molar-refractivity contribution is -0.139. The highest BCUT2D eigenvalue weighted by Gasteiger charge is 2.36. The number of rotatable bonds is 2. The Bertz CT molecular complexity index is 824. The van der Waals surface area contributed by atoms with E-state index in [1.165, 1.54) is 6.20 Å². The molecule has 0 bridgehead atoms. The van der Waals surface area contributed by atoms with Gasteiger partial charge >= 0.3 is 6.18 Å². The van der Waals surface area contributed by atoms with Crippen LogP contribution >= 0.6 is 0 Å². The number of nitrogens with zero attached hydrogens (tertiary/aromatic N) is 2. The first-order valence-corrected chi connectivity index (χ1v) is 6.21. The molecule has 0 aliphatic carbocycles. The number of benzene rings is 1. The molecule has 3 rings (SSSR count). The van der Waals surface area contributed by atoms with E-state index < -0.39 is 23.1 Å². The number of aryl methyl sites for hydroxylation is 1. The molecule has 0 radical (unpaired) electrons. The van der Waals surface area contributed by atoms with Gasteiger partial charge in [0.15, 0.2) is 11.6 Å². The Labute approximate surface area is 121 Å². The fourth-order valence-corrected chi connectivity index (χ4v) is 1.96. The van der Waals surface area contributed by atoms with E-state index in [2.05, 4.69) is 15.5 Å². The van der Waals surface area contributed by atoms with Gasteiger partial charge in [-0.2, -0.15) is 13.2 Å². The summed E-state index contributed by atoms with van der Waals surface area (Å²) < 4.78 is 56.5. The highest BCUT2D eigenvalue weighted by atomic mass is 19.4. The monoisotopic (exact) mass is 311 g/mol. The van der Waals surface area contributed by atoms with Crippen molar-refractivity contribution >= 4 is 22.5 Å². The maximum atomic E-state index is 13.9. The number of nitrogens with one attached hydrogen (secondary N) is 1. The summed E-state index contributed by atoms with van der Waals surface area (Å²) in [7, 11) is 0. The van der Waals surface area contributed by atoms with Gasteiger partial charge in [-0.3, -0.25) is 4.98 Å². The standard InChI is InChI=1S/C14H9F4N3O/c1-7-2-3-8(6-19-7)20-13-9-4-5-10(14(16,17)18)11(15)12(9)22-21-13/h2-6H,1H3,(H,20,21). The van der Waals surface area contributed by atoms with Gasteiger partial charge in [0.25, 0.3) is 0 Å². The molecule has 0 spiro atoms. The Kier molecular flexibility index (Phi) is 3.23. The molecule has 4 nitrogen and oxygen atoms in total. The average molecular weight is 311 g/mol. The maximum absolute atomic E-state index is 13.9. The molecule has 1 aromatic carbocycles. The summed E-state index contributed by atoms with van der Waals surface area (Å²) in [6.45, 7) is 1.81. The summed E-state index contributed by atoms with van der Waals surface area (Å²) in [5, 5.41) is 6.52. The zero-order valence-corrected chi connectivity index (χ0v) is 11.2. The van der Waals surface area contributed by atoms with E-state index in [-0.39, 0.29) is 11.2 Å². The second-order valence-corrected chi connectivity index (χ2v) is 4.65. The van der Waals surface area contributed by atoms with Crippen molar-refractivity contribution in [2.75, 3.05) is 5.32 Å². The topological polar surface area (TPSA) is 51.0 Å². The molecule has 0 saturated heterocycles. The van der Waals surface area contributed by atoms with Crippen molar-refractivity contribution < 1.29 is 22.1 Å². The number of alkyl halides is 3. The minimum atomic E-state index is -4.79. The van der Waals surface area contributed by atoms with Crippen LogP contribution in [0.4, 0.5) is 29.1 Å². The van der Waals surface area contributed by atoms with E-state index in [1.54, 1.807) is 12.1 Å². The molecule has 2 aromatic heterocycles. The summed E-state index contributed by atoms with van der Waals surface area (Å²) in [5.74, 6) is -1.36. The summed E-state index contributed by atoms with van der Waals surface area (Å²) >= 11 is 0. The van der Waals surface area contributed by atoms with Crippen molar-refractivity contribution in [3.05, 3.63) is 47.5 Å². The van der Waals surface area contributed by atoms with E-state index in [0.717, 1.165) is 11.8 Å². The van der Waals surface area contributed by atoms with Gasteiger partial charge in [-0.25, -0.2) is 4.39 Å². The van der Waals surface area contributed by atoms with Crippen LogP contribution in [-0.2, 0) is 6.18 Å². The molecule has 114 valence electrons. The normalized spacial score (nSPS) is 11.9. The first-order chi connectivity index (χ1) is 10.4. The maximum Gasteiger partial charge on any atom is 0.419 e. The van der Waals surface area contributed by atoms with Crippen molar-refractivity contribution in [3.8, 4) is 0 Å². The fourth-order valence-electron chi connectivity index (χ4n) is 1.96. The van der Waals surface area contributed by atoms with Crippen LogP contribution < -0.4 is 5.32 Å². The van der Waals surface area contributed by atoms with Crippen molar-refractivity contribution in [2.45, 2.75) is 13.1 Å². The lowest BCUT2D eigenvalue weighted by atomic mass is 10.1. The molecule has 0 atom stereocenters. The van der Waals surface area contributed by atoms with Gasteiger partial charge in [0.1, 0.15) is 0 Å². The van der Waals surface area contributed by atoms with E-state index in [4.69, 9.17) is 4.52 Å². The number of hydrogen-bond donors (Lipinski definition) is 1. The number of halogens is 4. The van der Waals surface area contributed by atoms with E-state index in [0.29, 0.717) is 11.8 Å². The molecule has 0 aliphatic heterocycles. The predicted octanol–water partition coefficient (Wildman–Crippen LogP) is 4.43. The van der Waals surface area contributed by atoms with Crippen LogP contribution in [0.1, 0.15) is 11.3 Å². The SMILES string of the molecule is Cc1ccc(Nc2noc3c(F)c(C(F)(F)F)ccc23)cn1. The van der Waals surface area contributed by atoms with Crippen LogP contribution in [0.2, 0.25) is 0 Å². The molecule has 22 heavy (non-hydrogen) atoms. The second kappa shape index (κ2) is 4.97. The molecule has 3 aromatic rings. The first kappa shape index (κ1) is 14.3. The number of anilines is 2. The van der Waals surface area contributed by atoms with Crippen LogP contribution in [0.3, 0.4) is 0 Å². The van der Waals surface area contributed by atoms with Crippen LogP contribution in [0.25, 0.3) is 11.0 Å². The number of aromatic nitrogens is 2. The summed E-state index contributed by atoms with van der Waals surface area (Å²) in [4.78, 5) is 4.06. The molecule has 1 N–H and O–H groups in total. The molecule has 2 heterocycles. The van der Waals surface area contributed by atoms with Gasteiger partial charge in [0, 0.05) is 5.69 Å². The molecule has 8 heteroatoms. The smallest absolute Gasteiger partial charge is 0.351 e. The highest BCUT2D eigenvalue weighted by Crippen LogP contribution is 2.36. The molecule has 0 saturated carbocycles. The molecular weight excluding hydrogens is 302 g/mol. The van der Waals surface area contributed by atoms with E-state index >= 15 is 0 Å². The van der Waals surface area contributed by atoms with Gasteiger partial charge in [0.2, 0.25) is 5.58 Å². The molecule has 0 fully saturated rings. The Morgan fingerprint density at radius 1 is 1.14 bits per heavy atom. The Morgan fingerprint density at radius 2 is 1.91 bits per heavy atom. The molecular formula is C14H9F4N3O. The quantitative estimate of drug-likeness (QED) is 0.711. The average Bonchev–Trinajstić information content (AvgIpc) is 2.84. The predicted molar refractivity (Wildman–Crippen MR) is 71.2 cm³/mol. The van der Waals surface area contributed by atoms with Crippen LogP contribution in [0.15, 0.2) is 35.0 Å². The largest absolute Gasteiger partial charge is 0.419 e. The molecule has 0 unspecified atom stereocenters. The Balaban J connectivity index is 2.02. The minimum absolute atomic E-state index is 0.117. The fraction of sp³-hybridized carbons (Fsp3) is 0.143. The lowest BCUT2D eigenvalue weighted by Gasteiger charge is -2.07. The van der Waals surface area contributed by atoms with E-state index in [9.17, 15) is 17.6 Å². The van der Waals surface area contributed by atoms with Crippen molar-refractivity contribution in [2.24, 2.45) is 0 Å². The first-order valence-electron chi connectivity index (χ1n) is 6.21. The zero-order chi connectivity index (χ0) is 15.9.